The number of nitrogens with zero attached hydrogens (tertiary/aromatic N) is 2. The molecule has 3 aromatic rings. The molecule has 1 aliphatic heterocycles. The van der Waals surface area contributed by atoms with Gasteiger partial charge in [-0.2, -0.15) is 5.26 Å². The summed E-state index contributed by atoms with van der Waals surface area (Å²) in [7, 11) is -4.20. The number of fused-ring (bicyclic) bond motifs is 1. The van der Waals surface area contributed by atoms with Crippen LogP contribution in [0.25, 0.3) is 0 Å². The molecule has 0 aromatic heterocycles. The maximum absolute atomic E-state index is 14.0. The number of carbonyl (C=O) groups excluding carboxylic acids is 1. The van der Waals surface area contributed by atoms with Crippen LogP contribution in [0.4, 0.5) is 20.2 Å². The second kappa shape index (κ2) is 9.09. The molecule has 4 rings (SSSR count). The monoisotopic (exact) mass is 485 g/mol. The van der Waals surface area contributed by atoms with Crippen LogP contribution in [0.5, 0.6) is 5.75 Å². The first-order chi connectivity index (χ1) is 16.2. The number of nitriles is 1. The molecular formula is C23H17F2N3O5S. The molecule has 1 aliphatic rings. The minimum Gasteiger partial charge on any atom is -0.484 e. The highest BCUT2D eigenvalue weighted by molar-refractivity contribution is 7.92. The first-order valence-electron chi connectivity index (χ1n) is 9.94. The van der Waals surface area contributed by atoms with E-state index in [1.807, 2.05) is 6.07 Å². The third kappa shape index (κ3) is 4.28. The number of rotatable bonds is 5. The Morgan fingerprint density at radius 1 is 1.15 bits per heavy atom. The van der Waals surface area contributed by atoms with Gasteiger partial charge in [-0.15, -0.1) is 0 Å². The van der Waals surface area contributed by atoms with Crippen molar-refractivity contribution in [1.82, 2.24) is 0 Å². The van der Waals surface area contributed by atoms with E-state index in [0.717, 1.165) is 22.5 Å². The van der Waals surface area contributed by atoms with Crippen LogP contribution in [0.3, 0.4) is 0 Å². The zero-order chi connectivity index (χ0) is 24.5. The molecular weight excluding hydrogens is 468 g/mol. The predicted molar refractivity (Wildman–Crippen MR) is 118 cm³/mol. The summed E-state index contributed by atoms with van der Waals surface area (Å²) < 4.78 is 61.4. The minimum absolute atomic E-state index is 0.0406. The highest BCUT2D eigenvalue weighted by atomic mass is 32.2. The molecule has 8 nitrogen and oxygen atoms in total. The quantitative estimate of drug-likeness (QED) is 0.573. The number of aliphatic hydroxyl groups is 1. The molecule has 0 radical (unpaired) electrons. The predicted octanol–water partition coefficient (Wildman–Crippen LogP) is 3.04. The topological polar surface area (TPSA) is 120 Å². The van der Waals surface area contributed by atoms with Gasteiger partial charge < -0.3 is 15.2 Å². The molecule has 0 saturated heterocycles. The SMILES string of the molecule is N#Cc1cccc(S(=O)(=O)N2C[C@H](CO)Oc3ccc(NC(=O)c4c(F)cccc4F)cc32)c1. The molecule has 34 heavy (non-hydrogen) atoms. The number of nitrogens with one attached hydrogen (secondary N) is 1. The number of anilines is 2. The Bertz CT molecular complexity index is 1400. The molecule has 0 bridgehead atoms. The number of benzene rings is 3. The van der Waals surface area contributed by atoms with Gasteiger partial charge in [0.1, 0.15) is 29.1 Å². The van der Waals surface area contributed by atoms with Crippen molar-refractivity contribution in [1.29, 1.82) is 5.26 Å². The van der Waals surface area contributed by atoms with Gasteiger partial charge in [-0.1, -0.05) is 12.1 Å². The summed E-state index contributed by atoms with van der Waals surface area (Å²) in [6.45, 7) is -0.712. The van der Waals surface area contributed by atoms with Gasteiger partial charge in [-0.3, -0.25) is 9.10 Å². The Kier molecular flexibility index (Phi) is 6.19. The van der Waals surface area contributed by atoms with Gasteiger partial charge in [0.2, 0.25) is 0 Å². The van der Waals surface area contributed by atoms with Crippen molar-refractivity contribution in [2.75, 3.05) is 22.8 Å². The molecule has 174 valence electrons. The van der Waals surface area contributed by atoms with Crippen LogP contribution in [0.2, 0.25) is 0 Å². The smallest absolute Gasteiger partial charge is 0.264 e. The Hall–Kier alpha value is -4.01. The highest BCUT2D eigenvalue weighted by Crippen LogP contribution is 2.39. The molecule has 1 atom stereocenters. The zero-order valence-electron chi connectivity index (χ0n) is 17.4. The molecule has 0 spiro atoms. The maximum atomic E-state index is 14.0. The number of ether oxygens (including phenoxy) is 1. The van der Waals surface area contributed by atoms with Crippen molar-refractivity contribution >= 4 is 27.3 Å². The first kappa shape index (κ1) is 23.2. The van der Waals surface area contributed by atoms with Crippen molar-refractivity contribution in [3.8, 4) is 11.8 Å². The summed E-state index contributed by atoms with van der Waals surface area (Å²) in [5.41, 5.74) is -0.543. The first-order valence-corrected chi connectivity index (χ1v) is 11.4. The molecule has 3 aromatic carbocycles. The summed E-state index contributed by atoms with van der Waals surface area (Å²) in [6, 6.07) is 14.3. The second-order valence-electron chi connectivity index (χ2n) is 7.33. The van der Waals surface area contributed by atoms with Crippen molar-refractivity contribution in [3.05, 3.63) is 83.4 Å². The fraction of sp³-hybridized carbons (Fsp3) is 0.130. The van der Waals surface area contributed by atoms with Crippen LogP contribution < -0.4 is 14.4 Å². The van der Waals surface area contributed by atoms with Gasteiger partial charge in [0.05, 0.1) is 35.4 Å². The van der Waals surface area contributed by atoms with Gasteiger partial charge in [-0.05, 0) is 48.5 Å². The van der Waals surface area contributed by atoms with E-state index in [1.54, 1.807) is 0 Å². The normalized spacial score (nSPS) is 15.1. The lowest BCUT2D eigenvalue weighted by molar-refractivity contribution is 0.101. The Morgan fingerprint density at radius 2 is 1.85 bits per heavy atom. The van der Waals surface area contributed by atoms with Gasteiger partial charge in [0.15, 0.2) is 0 Å². The minimum atomic E-state index is -4.20. The number of carbonyl (C=O) groups is 1. The number of amides is 1. The molecule has 1 amide bonds. The molecule has 2 N–H and O–H groups in total. The van der Waals surface area contributed by atoms with E-state index in [-0.39, 0.29) is 34.1 Å². The van der Waals surface area contributed by atoms with E-state index < -0.39 is 45.8 Å². The van der Waals surface area contributed by atoms with Crippen LogP contribution in [-0.2, 0) is 10.0 Å². The summed E-state index contributed by atoms with van der Waals surface area (Å²) >= 11 is 0. The average Bonchev–Trinajstić information content (AvgIpc) is 2.83. The maximum Gasteiger partial charge on any atom is 0.264 e. The molecule has 0 saturated carbocycles. The molecule has 1 heterocycles. The number of sulfonamides is 1. The number of aliphatic hydroxyl groups excluding tert-OH is 1. The van der Waals surface area contributed by atoms with Crippen LogP contribution in [0, 0.1) is 23.0 Å². The average molecular weight is 485 g/mol. The number of hydrogen-bond acceptors (Lipinski definition) is 6. The third-order valence-corrected chi connectivity index (χ3v) is 6.87. The fourth-order valence-electron chi connectivity index (χ4n) is 3.47. The summed E-state index contributed by atoms with van der Waals surface area (Å²) in [6.07, 6.45) is -0.866. The molecule has 0 aliphatic carbocycles. The third-order valence-electron chi connectivity index (χ3n) is 5.09. The fourth-order valence-corrected chi connectivity index (χ4v) is 5.02. The van der Waals surface area contributed by atoms with Gasteiger partial charge in [0.25, 0.3) is 15.9 Å². The largest absolute Gasteiger partial charge is 0.484 e. The number of halogens is 2. The van der Waals surface area contributed by atoms with Crippen LogP contribution >= 0.6 is 0 Å². The summed E-state index contributed by atoms with van der Waals surface area (Å²) in [5, 5.41) is 21.1. The van der Waals surface area contributed by atoms with Crippen molar-refractivity contribution in [3.63, 3.8) is 0 Å². The van der Waals surface area contributed by atoms with Crippen LogP contribution in [0.1, 0.15) is 15.9 Å². The molecule has 11 heteroatoms. The van der Waals surface area contributed by atoms with Gasteiger partial charge in [-0.25, -0.2) is 17.2 Å². The summed E-state index contributed by atoms with van der Waals surface area (Å²) in [5.74, 6) is -3.05. The Labute approximate surface area is 193 Å². The highest BCUT2D eigenvalue weighted by Gasteiger charge is 2.35. The zero-order valence-corrected chi connectivity index (χ0v) is 18.2. The van der Waals surface area contributed by atoms with E-state index in [9.17, 15) is 27.1 Å². The summed E-state index contributed by atoms with van der Waals surface area (Å²) in [4.78, 5) is 12.3. The van der Waals surface area contributed by atoms with E-state index >= 15 is 0 Å². The van der Waals surface area contributed by atoms with Gasteiger partial charge >= 0.3 is 0 Å². The Balaban J connectivity index is 1.74. The van der Waals surface area contributed by atoms with Crippen molar-refractivity contribution in [2.24, 2.45) is 0 Å². The van der Waals surface area contributed by atoms with Crippen LogP contribution in [0.15, 0.2) is 65.6 Å². The molecule has 0 unspecified atom stereocenters. The lowest BCUT2D eigenvalue weighted by Gasteiger charge is -2.35. The van der Waals surface area contributed by atoms with Gasteiger partial charge in [0, 0.05) is 5.69 Å². The lowest BCUT2D eigenvalue weighted by Crippen LogP contribution is -2.45. The Morgan fingerprint density at radius 3 is 2.53 bits per heavy atom. The van der Waals surface area contributed by atoms with Crippen molar-refractivity contribution in [2.45, 2.75) is 11.0 Å². The van der Waals surface area contributed by atoms with Crippen molar-refractivity contribution < 1.29 is 31.8 Å². The van der Waals surface area contributed by atoms with E-state index in [4.69, 9.17) is 10.00 Å². The molecule has 0 fully saturated rings. The second-order valence-corrected chi connectivity index (χ2v) is 9.19. The lowest BCUT2D eigenvalue weighted by atomic mass is 10.1. The standard InChI is InChI=1S/C23H17F2N3O5S/c24-18-5-2-6-19(25)22(18)23(30)27-15-7-8-21-20(10-15)28(12-16(13-29)33-21)34(31,32)17-4-1-3-14(9-17)11-26/h1-10,16,29H,12-13H2,(H,27,30)/t16-/m1/s1. The van der Waals surface area contributed by atoms with E-state index in [2.05, 4.69) is 5.32 Å². The van der Waals surface area contributed by atoms with Crippen LogP contribution in [-0.4, -0.2) is 38.7 Å². The number of hydrogen-bond donors (Lipinski definition) is 2. The van der Waals surface area contributed by atoms with E-state index in [0.29, 0.717) is 0 Å². The van der Waals surface area contributed by atoms with E-state index in [1.165, 1.54) is 42.5 Å².